The van der Waals surface area contributed by atoms with Crippen molar-refractivity contribution in [3.05, 3.63) is 47.8 Å². The van der Waals surface area contributed by atoms with Gasteiger partial charge in [-0.3, -0.25) is 4.79 Å². The van der Waals surface area contributed by atoms with Crippen LogP contribution in [-0.2, 0) is 6.42 Å². The van der Waals surface area contributed by atoms with Crippen LogP contribution >= 0.6 is 0 Å². The first-order valence-corrected chi connectivity index (χ1v) is 8.74. The molecule has 1 aliphatic rings. The van der Waals surface area contributed by atoms with E-state index < -0.39 is 0 Å². The lowest BCUT2D eigenvalue weighted by molar-refractivity contribution is 0.0953. The normalized spacial score (nSPS) is 14.3. The molecule has 25 heavy (non-hydrogen) atoms. The number of anilines is 1. The zero-order chi connectivity index (χ0) is 17.5. The number of carbonyl (C=O) groups is 1. The van der Waals surface area contributed by atoms with E-state index in [-0.39, 0.29) is 5.91 Å². The lowest BCUT2D eigenvalue weighted by Crippen LogP contribution is -2.26. The van der Waals surface area contributed by atoms with Gasteiger partial charge in [-0.1, -0.05) is 25.0 Å². The molecule has 2 aromatic rings. The molecule has 0 aliphatic heterocycles. The van der Waals surface area contributed by atoms with Crippen LogP contribution < -0.4 is 15.4 Å². The minimum absolute atomic E-state index is 0.157. The van der Waals surface area contributed by atoms with Crippen LogP contribution in [0.25, 0.3) is 0 Å². The van der Waals surface area contributed by atoms with Gasteiger partial charge in [-0.15, -0.1) is 0 Å². The largest absolute Gasteiger partial charge is 0.497 e. The summed E-state index contributed by atoms with van der Waals surface area (Å²) in [6.07, 6.45) is 8.73. The number of amides is 1. The van der Waals surface area contributed by atoms with Crippen LogP contribution in [-0.4, -0.2) is 35.6 Å². The standard InChI is InChI=1S/C19H24N4O2/c1-25-17-8-4-5-14(11-17)9-10-20-18(24)15-12-21-19(22-13-15)23-16-6-2-3-7-16/h4-5,8,11-13,16H,2-3,6-7,9-10H2,1H3,(H,20,24)(H,21,22,23). The van der Waals surface area contributed by atoms with Gasteiger partial charge in [0.05, 0.1) is 12.7 Å². The van der Waals surface area contributed by atoms with Crippen molar-refractivity contribution in [2.45, 2.75) is 38.1 Å². The highest BCUT2D eigenvalue weighted by molar-refractivity contribution is 5.93. The molecule has 0 radical (unpaired) electrons. The summed E-state index contributed by atoms with van der Waals surface area (Å²) in [4.78, 5) is 20.7. The monoisotopic (exact) mass is 340 g/mol. The van der Waals surface area contributed by atoms with Crippen LogP contribution in [0, 0.1) is 0 Å². The number of ether oxygens (including phenoxy) is 1. The van der Waals surface area contributed by atoms with Gasteiger partial charge in [-0.05, 0) is 37.0 Å². The van der Waals surface area contributed by atoms with E-state index in [1.807, 2.05) is 24.3 Å². The van der Waals surface area contributed by atoms with Gasteiger partial charge in [0.1, 0.15) is 5.75 Å². The van der Waals surface area contributed by atoms with Crippen LogP contribution in [0.2, 0.25) is 0 Å². The number of methoxy groups -OCH3 is 1. The van der Waals surface area contributed by atoms with E-state index >= 15 is 0 Å². The molecule has 0 bridgehead atoms. The molecule has 0 atom stereocenters. The minimum Gasteiger partial charge on any atom is -0.497 e. The Bertz CT molecular complexity index is 697. The van der Waals surface area contributed by atoms with Crippen LogP contribution in [0.15, 0.2) is 36.7 Å². The number of nitrogens with zero attached hydrogens (tertiary/aromatic N) is 2. The van der Waals surface area contributed by atoms with Gasteiger partial charge in [-0.2, -0.15) is 0 Å². The Balaban J connectivity index is 1.47. The van der Waals surface area contributed by atoms with Crippen molar-refractivity contribution in [1.29, 1.82) is 0 Å². The van der Waals surface area contributed by atoms with Gasteiger partial charge >= 0.3 is 0 Å². The molecular weight excluding hydrogens is 316 g/mol. The van der Waals surface area contributed by atoms with Crippen molar-refractivity contribution in [1.82, 2.24) is 15.3 Å². The Kier molecular flexibility index (Phi) is 5.82. The molecule has 132 valence electrons. The van der Waals surface area contributed by atoms with Crippen molar-refractivity contribution in [3.63, 3.8) is 0 Å². The average Bonchev–Trinajstić information content (AvgIpc) is 3.15. The first-order chi connectivity index (χ1) is 12.2. The van der Waals surface area contributed by atoms with E-state index in [4.69, 9.17) is 4.74 Å². The molecule has 1 aromatic carbocycles. The van der Waals surface area contributed by atoms with E-state index in [0.717, 1.165) is 30.6 Å². The number of aromatic nitrogens is 2. The van der Waals surface area contributed by atoms with Gasteiger partial charge in [-0.25, -0.2) is 9.97 Å². The third-order valence-electron chi connectivity index (χ3n) is 4.44. The fourth-order valence-electron chi connectivity index (χ4n) is 3.02. The predicted molar refractivity (Wildman–Crippen MR) is 96.9 cm³/mol. The van der Waals surface area contributed by atoms with Gasteiger partial charge in [0.15, 0.2) is 0 Å². The number of hydrogen-bond acceptors (Lipinski definition) is 5. The Labute approximate surface area is 148 Å². The van der Waals surface area contributed by atoms with Crippen molar-refractivity contribution < 1.29 is 9.53 Å². The van der Waals surface area contributed by atoms with E-state index in [9.17, 15) is 4.79 Å². The summed E-state index contributed by atoms with van der Waals surface area (Å²) >= 11 is 0. The first kappa shape index (κ1) is 17.2. The number of hydrogen-bond donors (Lipinski definition) is 2. The molecule has 6 heteroatoms. The van der Waals surface area contributed by atoms with E-state index in [1.54, 1.807) is 19.5 Å². The summed E-state index contributed by atoms with van der Waals surface area (Å²) < 4.78 is 5.20. The zero-order valence-electron chi connectivity index (χ0n) is 14.5. The van der Waals surface area contributed by atoms with Crippen molar-refractivity contribution in [2.24, 2.45) is 0 Å². The van der Waals surface area contributed by atoms with Crippen molar-refractivity contribution >= 4 is 11.9 Å². The molecule has 2 N–H and O–H groups in total. The molecule has 1 saturated carbocycles. The maximum absolute atomic E-state index is 12.2. The number of rotatable bonds is 7. The lowest BCUT2D eigenvalue weighted by Gasteiger charge is -2.11. The molecule has 0 saturated heterocycles. The highest BCUT2D eigenvalue weighted by atomic mass is 16.5. The Morgan fingerprint density at radius 3 is 2.72 bits per heavy atom. The van der Waals surface area contributed by atoms with Crippen LogP contribution in [0.5, 0.6) is 5.75 Å². The highest BCUT2D eigenvalue weighted by Crippen LogP contribution is 2.20. The van der Waals surface area contributed by atoms with Crippen molar-refractivity contribution in [3.8, 4) is 5.75 Å². The smallest absolute Gasteiger partial charge is 0.254 e. The molecular formula is C19H24N4O2. The molecule has 1 aromatic heterocycles. The third-order valence-corrected chi connectivity index (χ3v) is 4.44. The van der Waals surface area contributed by atoms with Gasteiger partial charge in [0.25, 0.3) is 5.91 Å². The molecule has 6 nitrogen and oxygen atoms in total. The number of benzene rings is 1. The first-order valence-electron chi connectivity index (χ1n) is 8.74. The fraction of sp³-hybridized carbons (Fsp3) is 0.421. The molecule has 3 rings (SSSR count). The Morgan fingerprint density at radius 2 is 2.00 bits per heavy atom. The molecule has 0 unspecified atom stereocenters. The third kappa shape index (κ3) is 4.92. The summed E-state index contributed by atoms with van der Waals surface area (Å²) in [6.45, 7) is 0.550. The summed E-state index contributed by atoms with van der Waals surface area (Å²) in [5, 5.41) is 6.21. The van der Waals surface area contributed by atoms with Crippen LogP contribution in [0.4, 0.5) is 5.95 Å². The second-order valence-electron chi connectivity index (χ2n) is 6.28. The van der Waals surface area contributed by atoms with E-state index in [2.05, 4.69) is 20.6 Å². The quantitative estimate of drug-likeness (QED) is 0.810. The molecule has 1 heterocycles. The van der Waals surface area contributed by atoms with Gasteiger partial charge in [0, 0.05) is 25.0 Å². The molecule has 1 fully saturated rings. The topological polar surface area (TPSA) is 76.1 Å². The summed E-state index contributed by atoms with van der Waals surface area (Å²) in [5.74, 6) is 1.26. The summed E-state index contributed by atoms with van der Waals surface area (Å²) in [6, 6.07) is 8.29. The number of nitrogens with one attached hydrogen (secondary N) is 2. The summed E-state index contributed by atoms with van der Waals surface area (Å²) in [7, 11) is 1.64. The second kappa shape index (κ2) is 8.46. The minimum atomic E-state index is -0.157. The van der Waals surface area contributed by atoms with Crippen molar-refractivity contribution in [2.75, 3.05) is 19.0 Å². The van der Waals surface area contributed by atoms with Gasteiger partial charge < -0.3 is 15.4 Å². The Hall–Kier alpha value is -2.63. The zero-order valence-corrected chi connectivity index (χ0v) is 14.5. The fourth-order valence-corrected chi connectivity index (χ4v) is 3.02. The molecule has 1 amide bonds. The Morgan fingerprint density at radius 1 is 1.24 bits per heavy atom. The van der Waals surface area contributed by atoms with E-state index in [1.165, 1.54) is 12.8 Å². The maximum Gasteiger partial charge on any atom is 0.254 e. The average molecular weight is 340 g/mol. The summed E-state index contributed by atoms with van der Waals surface area (Å²) in [5.41, 5.74) is 1.59. The second-order valence-corrected chi connectivity index (χ2v) is 6.28. The highest BCUT2D eigenvalue weighted by Gasteiger charge is 2.15. The molecule has 1 aliphatic carbocycles. The SMILES string of the molecule is COc1cccc(CCNC(=O)c2cnc(NC3CCCC3)nc2)c1. The van der Waals surface area contributed by atoms with Crippen LogP contribution in [0.3, 0.4) is 0 Å². The van der Waals surface area contributed by atoms with Gasteiger partial charge in [0.2, 0.25) is 5.95 Å². The molecule has 0 spiro atoms. The lowest BCUT2D eigenvalue weighted by atomic mass is 10.1. The maximum atomic E-state index is 12.2. The van der Waals surface area contributed by atoms with Crippen LogP contribution in [0.1, 0.15) is 41.6 Å². The number of carbonyl (C=O) groups excluding carboxylic acids is 1. The predicted octanol–water partition coefficient (Wildman–Crippen LogP) is 2.81. The van der Waals surface area contributed by atoms with E-state index in [0.29, 0.717) is 24.1 Å².